The lowest BCUT2D eigenvalue weighted by atomic mass is 10.0. The van der Waals surface area contributed by atoms with Gasteiger partial charge in [-0.2, -0.15) is 5.10 Å². The van der Waals surface area contributed by atoms with Crippen molar-refractivity contribution in [1.29, 1.82) is 0 Å². The number of likely N-dealkylation sites (N-methyl/N-ethyl adjacent to an activating group) is 2. The van der Waals surface area contributed by atoms with Crippen LogP contribution in [-0.4, -0.2) is 54.4 Å². The molecule has 1 aromatic rings. The second-order valence-electron chi connectivity index (χ2n) is 6.41. The zero-order chi connectivity index (χ0) is 14.0. The summed E-state index contributed by atoms with van der Waals surface area (Å²) < 4.78 is 0. The van der Waals surface area contributed by atoms with Crippen LogP contribution in [0.25, 0.3) is 0 Å². The maximum atomic E-state index is 6.02. The number of nitrogens with zero attached hydrogens (tertiary/aromatic N) is 4. The molecule has 1 aliphatic rings. The summed E-state index contributed by atoms with van der Waals surface area (Å²) in [6, 6.07) is 4.15. The van der Waals surface area contributed by atoms with Gasteiger partial charge in [0.05, 0.1) is 5.69 Å². The highest BCUT2D eigenvalue weighted by atomic mass is 15.3. The summed E-state index contributed by atoms with van der Waals surface area (Å²) in [6.07, 6.45) is 1.18. The van der Waals surface area contributed by atoms with Gasteiger partial charge in [0.15, 0.2) is 5.82 Å². The van der Waals surface area contributed by atoms with E-state index in [0.29, 0.717) is 5.92 Å². The van der Waals surface area contributed by atoms with E-state index in [2.05, 4.69) is 33.1 Å². The van der Waals surface area contributed by atoms with Crippen molar-refractivity contribution in [3.8, 4) is 0 Å². The van der Waals surface area contributed by atoms with Gasteiger partial charge in [0.25, 0.3) is 0 Å². The van der Waals surface area contributed by atoms with Gasteiger partial charge in [-0.25, -0.2) is 0 Å². The Morgan fingerprint density at radius 2 is 2.16 bits per heavy atom. The van der Waals surface area contributed by atoms with Gasteiger partial charge >= 0.3 is 0 Å². The van der Waals surface area contributed by atoms with Gasteiger partial charge in [-0.05, 0) is 46.0 Å². The molecule has 2 rings (SSSR count). The second kappa shape index (κ2) is 5.43. The molecule has 1 fully saturated rings. The lowest BCUT2D eigenvalue weighted by Crippen LogP contribution is -2.44. The van der Waals surface area contributed by atoms with Crippen LogP contribution in [0.4, 0.5) is 5.82 Å². The quantitative estimate of drug-likeness (QED) is 0.880. The predicted molar refractivity (Wildman–Crippen MR) is 78.4 cm³/mol. The third kappa shape index (κ3) is 3.88. The van der Waals surface area contributed by atoms with Crippen LogP contribution in [-0.2, 0) is 0 Å². The Labute approximate surface area is 115 Å². The molecular weight excluding hydrogens is 238 g/mol. The summed E-state index contributed by atoms with van der Waals surface area (Å²) in [7, 11) is 4.15. The van der Waals surface area contributed by atoms with Crippen LogP contribution in [0.2, 0.25) is 0 Å². The van der Waals surface area contributed by atoms with E-state index in [1.54, 1.807) is 0 Å². The Morgan fingerprint density at radius 1 is 1.42 bits per heavy atom. The zero-order valence-corrected chi connectivity index (χ0v) is 12.4. The van der Waals surface area contributed by atoms with Gasteiger partial charge in [-0.15, -0.1) is 5.10 Å². The van der Waals surface area contributed by atoms with E-state index in [0.717, 1.165) is 31.1 Å². The average Bonchev–Trinajstić information content (AvgIpc) is 2.74. The smallest absolute Gasteiger partial charge is 0.151 e. The molecule has 1 aromatic heterocycles. The van der Waals surface area contributed by atoms with Crippen LogP contribution in [0.15, 0.2) is 12.1 Å². The van der Waals surface area contributed by atoms with Crippen molar-refractivity contribution >= 4 is 5.82 Å². The molecule has 0 amide bonds. The summed E-state index contributed by atoms with van der Waals surface area (Å²) in [5.41, 5.74) is 6.90. The number of hydrogen-bond acceptors (Lipinski definition) is 5. The molecule has 5 nitrogen and oxygen atoms in total. The van der Waals surface area contributed by atoms with Crippen LogP contribution < -0.4 is 10.6 Å². The fraction of sp³-hybridized carbons (Fsp3) is 0.714. The molecule has 0 bridgehead atoms. The summed E-state index contributed by atoms with van der Waals surface area (Å²) in [5.74, 6) is 1.41. The molecule has 106 valence electrons. The molecule has 1 aliphatic heterocycles. The van der Waals surface area contributed by atoms with Gasteiger partial charge in [-0.1, -0.05) is 0 Å². The van der Waals surface area contributed by atoms with Crippen molar-refractivity contribution in [1.82, 2.24) is 15.1 Å². The minimum Gasteiger partial charge on any atom is -0.356 e. The number of aromatic nitrogens is 2. The van der Waals surface area contributed by atoms with Crippen molar-refractivity contribution in [2.75, 3.05) is 38.6 Å². The van der Waals surface area contributed by atoms with Crippen LogP contribution in [0.5, 0.6) is 0 Å². The molecule has 2 N–H and O–H groups in total. The summed E-state index contributed by atoms with van der Waals surface area (Å²) in [4.78, 5) is 4.39. The van der Waals surface area contributed by atoms with E-state index in [4.69, 9.17) is 5.73 Å². The zero-order valence-electron chi connectivity index (χ0n) is 12.4. The topological polar surface area (TPSA) is 58.3 Å². The Morgan fingerprint density at radius 3 is 2.63 bits per heavy atom. The van der Waals surface area contributed by atoms with Gasteiger partial charge in [0, 0.05) is 31.6 Å². The first-order valence-corrected chi connectivity index (χ1v) is 6.87. The van der Waals surface area contributed by atoms with E-state index in [9.17, 15) is 0 Å². The maximum Gasteiger partial charge on any atom is 0.151 e. The molecule has 19 heavy (non-hydrogen) atoms. The standard InChI is InChI=1S/C14H25N5/c1-14(2,15)10-19(4)13-6-5-12(16-17-13)11-7-8-18(3)9-11/h5-6,11H,7-10,15H2,1-4H3. The average molecular weight is 263 g/mol. The van der Waals surface area contributed by atoms with Crippen molar-refractivity contribution in [3.05, 3.63) is 17.8 Å². The largest absolute Gasteiger partial charge is 0.356 e. The maximum absolute atomic E-state index is 6.02. The van der Waals surface area contributed by atoms with E-state index in [-0.39, 0.29) is 5.54 Å². The van der Waals surface area contributed by atoms with Crippen molar-refractivity contribution in [3.63, 3.8) is 0 Å². The highest BCUT2D eigenvalue weighted by molar-refractivity contribution is 5.37. The van der Waals surface area contributed by atoms with Crippen molar-refractivity contribution in [2.45, 2.75) is 31.7 Å². The van der Waals surface area contributed by atoms with E-state index >= 15 is 0 Å². The molecule has 2 heterocycles. The minimum absolute atomic E-state index is 0.233. The SMILES string of the molecule is CN1CCC(c2ccc(N(C)CC(C)(C)N)nn2)C1. The first-order chi connectivity index (χ1) is 8.85. The van der Waals surface area contributed by atoms with E-state index in [1.165, 1.54) is 6.42 Å². The number of nitrogens with two attached hydrogens (primary N) is 1. The number of hydrogen-bond donors (Lipinski definition) is 1. The molecule has 1 unspecified atom stereocenters. The molecule has 1 saturated heterocycles. The van der Waals surface area contributed by atoms with Crippen molar-refractivity contribution in [2.24, 2.45) is 5.73 Å². The molecule has 1 atom stereocenters. The normalized spacial score (nSPS) is 20.8. The molecule has 0 aromatic carbocycles. The van der Waals surface area contributed by atoms with E-state index in [1.807, 2.05) is 27.0 Å². The minimum atomic E-state index is -0.233. The molecule has 5 heteroatoms. The number of likely N-dealkylation sites (tertiary alicyclic amines) is 1. The lowest BCUT2D eigenvalue weighted by molar-refractivity contribution is 0.410. The first kappa shape index (κ1) is 14.2. The molecule has 0 spiro atoms. The predicted octanol–water partition coefficient (Wildman–Crippen LogP) is 1.07. The van der Waals surface area contributed by atoms with Gasteiger partial charge in [-0.3, -0.25) is 0 Å². The number of anilines is 1. The van der Waals surface area contributed by atoms with Crippen molar-refractivity contribution < 1.29 is 0 Å². The Balaban J connectivity index is 2.02. The second-order valence-corrected chi connectivity index (χ2v) is 6.41. The van der Waals surface area contributed by atoms with Crippen LogP contribution in [0, 0.1) is 0 Å². The van der Waals surface area contributed by atoms with Crippen LogP contribution in [0.1, 0.15) is 31.9 Å². The van der Waals surface area contributed by atoms with Gasteiger partial charge < -0.3 is 15.5 Å². The van der Waals surface area contributed by atoms with Gasteiger partial charge in [0.1, 0.15) is 0 Å². The molecular formula is C14H25N5. The Kier molecular flexibility index (Phi) is 4.06. The van der Waals surface area contributed by atoms with Crippen LogP contribution >= 0.6 is 0 Å². The Bertz CT molecular complexity index is 409. The van der Waals surface area contributed by atoms with Crippen LogP contribution in [0.3, 0.4) is 0 Å². The fourth-order valence-electron chi connectivity index (χ4n) is 2.63. The highest BCUT2D eigenvalue weighted by Crippen LogP contribution is 2.24. The third-order valence-electron chi connectivity index (χ3n) is 3.52. The molecule has 0 aliphatic carbocycles. The first-order valence-electron chi connectivity index (χ1n) is 6.87. The van der Waals surface area contributed by atoms with E-state index < -0.39 is 0 Å². The monoisotopic (exact) mass is 263 g/mol. The summed E-state index contributed by atoms with van der Waals surface area (Å²) in [6.45, 7) is 7.02. The lowest BCUT2D eigenvalue weighted by Gasteiger charge is -2.27. The Hall–Kier alpha value is -1.20. The highest BCUT2D eigenvalue weighted by Gasteiger charge is 2.23. The molecule has 0 radical (unpaired) electrons. The summed E-state index contributed by atoms with van der Waals surface area (Å²) in [5, 5.41) is 8.72. The van der Waals surface area contributed by atoms with Gasteiger partial charge in [0.2, 0.25) is 0 Å². The fourth-order valence-corrected chi connectivity index (χ4v) is 2.63. The summed E-state index contributed by atoms with van der Waals surface area (Å²) >= 11 is 0. The third-order valence-corrected chi connectivity index (χ3v) is 3.52. The molecule has 0 saturated carbocycles. The number of rotatable bonds is 4.